The van der Waals surface area contributed by atoms with Gasteiger partial charge in [0.15, 0.2) is 15.8 Å². The van der Waals surface area contributed by atoms with E-state index in [4.69, 9.17) is 0 Å². The van der Waals surface area contributed by atoms with Crippen LogP contribution in [0.5, 0.6) is 0 Å². The van der Waals surface area contributed by atoms with E-state index in [9.17, 15) is 17.2 Å². The van der Waals surface area contributed by atoms with Crippen LogP contribution < -0.4 is 14.9 Å². The van der Waals surface area contributed by atoms with Gasteiger partial charge in [0.05, 0.1) is 17.4 Å². The normalized spacial score (nSPS) is 23.2. The number of pyridine rings is 1. The zero-order valence-corrected chi connectivity index (χ0v) is 20.4. The van der Waals surface area contributed by atoms with Crippen molar-refractivity contribution in [2.24, 2.45) is 0 Å². The molecule has 2 saturated carbocycles. The molecule has 6 rings (SSSR count). The predicted molar refractivity (Wildman–Crippen MR) is 124 cm³/mol. The van der Waals surface area contributed by atoms with Gasteiger partial charge in [0.1, 0.15) is 4.90 Å². The Hall–Kier alpha value is -2.22. The summed E-state index contributed by atoms with van der Waals surface area (Å²) >= 11 is 0.754. The number of hydrogen-bond donors (Lipinski definition) is 2. The molecule has 34 heavy (non-hydrogen) atoms. The summed E-state index contributed by atoms with van der Waals surface area (Å²) in [5, 5.41) is 10.9. The quantitative estimate of drug-likeness (QED) is 0.527. The molecule has 1 unspecified atom stereocenters. The van der Waals surface area contributed by atoms with E-state index in [1.807, 2.05) is 6.92 Å². The minimum absolute atomic E-state index is 0.0531. The zero-order valence-electron chi connectivity index (χ0n) is 18.8. The number of sulfonamides is 1. The van der Waals surface area contributed by atoms with Gasteiger partial charge in [-0.2, -0.15) is 0 Å². The summed E-state index contributed by atoms with van der Waals surface area (Å²) < 4.78 is 57.4. The molecule has 1 spiro atoms. The fourth-order valence-electron chi connectivity index (χ4n) is 4.71. The molecule has 1 aliphatic heterocycles. The van der Waals surface area contributed by atoms with Crippen molar-refractivity contribution in [3.63, 3.8) is 0 Å². The first kappa shape index (κ1) is 22.3. The van der Waals surface area contributed by atoms with Crippen LogP contribution in [0.4, 0.5) is 14.5 Å². The first-order valence-corrected chi connectivity index (χ1v) is 13.6. The van der Waals surface area contributed by atoms with Gasteiger partial charge in [-0.15, -0.1) is 10.2 Å². The minimum Gasteiger partial charge on any atom is -0.366 e. The van der Waals surface area contributed by atoms with Crippen molar-refractivity contribution in [2.45, 2.75) is 68.0 Å². The van der Waals surface area contributed by atoms with Crippen LogP contribution in [0.1, 0.15) is 51.0 Å². The number of aromatic nitrogens is 4. The molecular formula is C21H25F2N7O2S2. The minimum atomic E-state index is -3.81. The molecule has 13 heteroatoms. The van der Waals surface area contributed by atoms with Crippen molar-refractivity contribution in [3.8, 4) is 10.8 Å². The fourth-order valence-corrected chi connectivity index (χ4v) is 6.88. The lowest BCUT2D eigenvalue weighted by molar-refractivity contribution is 0.150. The van der Waals surface area contributed by atoms with Crippen LogP contribution in [0, 0.1) is 0 Å². The molecule has 0 aromatic carbocycles. The molecule has 3 aromatic heterocycles. The molecular weight excluding hydrogens is 484 g/mol. The smallest absolute Gasteiger partial charge is 0.291 e. The molecule has 9 nitrogen and oxygen atoms in total. The number of nitrogens with zero attached hydrogens (tertiary/aromatic N) is 5. The highest BCUT2D eigenvalue weighted by Gasteiger charge is 2.48. The molecule has 2 N–H and O–H groups in total. The second-order valence-electron chi connectivity index (χ2n) is 10.0. The third kappa shape index (κ3) is 3.88. The molecule has 4 heterocycles. The number of alkyl halides is 2. The van der Waals surface area contributed by atoms with E-state index in [2.05, 4.69) is 37.0 Å². The highest BCUT2D eigenvalue weighted by Crippen LogP contribution is 2.42. The van der Waals surface area contributed by atoms with Gasteiger partial charge in [0.25, 0.3) is 6.43 Å². The summed E-state index contributed by atoms with van der Waals surface area (Å²) in [6.45, 7) is 5.47. The number of fused-ring (bicyclic) bond motifs is 1. The van der Waals surface area contributed by atoms with Crippen LogP contribution in [0.25, 0.3) is 16.3 Å². The van der Waals surface area contributed by atoms with Crippen molar-refractivity contribution < 1.29 is 17.2 Å². The van der Waals surface area contributed by atoms with Crippen LogP contribution in [-0.2, 0) is 10.0 Å². The molecule has 1 atom stereocenters. The van der Waals surface area contributed by atoms with E-state index in [1.54, 1.807) is 16.7 Å². The lowest BCUT2D eigenvalue weighted by Crippen LogP contribution is -2.57. The monoisotopic (exact) mass is 509 g/mol. The molecule has 1 saturated heterocycles. The largest absolute Gasteiger partial charge is 0.366 e. The lowest BCUT2D eigenvalue weighted by atomic mass is 10.1. The average Bonchev–Trinajstić information content (AvgIpc) is 3.52. The third-order valence-corrected chi connectivity index (χ3v) is 9.37. The number of nitrogens with one attached hydrogen (secondary N) is 2. The maximum absolute atomic E-state index is 13.3. The SMILES string of the molecule is CC1CN(c2cc(S(=O)(=O)NC3(C)CC3)cn3c(-c4nnc(C(F)F)s4)ncc23)CC2(CC2)N1. The van der Waals surface area contributed by atoms with E-state index < -0.39 is 27.0 Å². The number of rotatable bonds is 6. The highest BCUT2D eigenvalue weighted by atomic mass is 32.2. The van der Waals surface area contributed by atoms with Crippen molar-refractivity contribution in [3.05, 3.63) is 23.5 Å². The van der Waals surface area contributed by atoms with E-state index in [0.29, 0.717) is 17.9 Å². The van der Waals surface area contributed by atoms with Gasteiger partial charge in [0.2, 0.25) is 10.0 Å². The Morgan fingerprint density at radius 2 is 2.03 bits per heavy atom. The molecule has 3 aromatic rings. The summed E-state index contributed by atoms with van der Waals surface area (Å²) in [6, 6.07) is 1.94. The first-order valence-electron chi connectivity index (χ1n) is 11.3. The van der Waals surface area contributed by atoms with E-state index in [1.165, 1.54) is 6.20 Å². The summed E-state index contributed by atoms with van der Waals surface area (Å²) in [7, 11) is -3.81. The van der Waals surface area contributed by atoms with Gasteiger partial charge < -0.3 is 10.2 Å². The Morgan fingerprint density at radius 3 is 2.68 bits per heavy atom. The standard InChI is InChI=1S/C21H25F2N7O2S2/c1-12-9-29(11-21(25-12)5-6-21)14-7-13(34(31,32)28-20(2)3-4-20)10-30-15(14)8-24-17(30)19-27-26-18(33-19)16(22)23/h7-8,10,12,16,25,28H,3-6,9,11H2,1-2H3. The summed E-state index contributed by atoms with van der Waals surface area (Å²) in [5.74, 6) is 0.291. The van der Waals surface area contributed by atoms with E-state index in [-0.39, 0.29) is 21.5 Å². The maximum Gasteiger partial charge on any atom is 0.291 e. The Bertz CT molecular complexity index is 1380. The predicted octanol–water partition coefficient (Wildman–Crippen LogP) is 2.95. The van der Waals surface area contributed by atoms with Gasteiger partial charge in [-0.25, -0.2) is 26.9 Å². The Morgan fingerprint density at radius 1 is 1.26 bits per heavy atom. The van der Waals surface area contributed by atoms with E-state index >= 15 is 0 Å². The summed E-state index contributed by atoms with van der Waals surface area (Å²) in [5.41, 5.74) is 1.07. The average molecular weight is 510 g/mol. The van der Waals surface area contributed by atoms with Crippen molar-refractivity contribution in [2.75, 3.05) is 18.0 Å². The Kier molecular flexibility index (Phi) is 4.84. The zero-order chi connectivity index (χ0) is 23.9. The molecule has 3 fully saturated rings. The molecule has 182 valence electrons. The van der Waals surface area contributed by atoms with Crippen molar-refractivity contribution >= 4 is 32.6 Å². The van der Waals surface area contributed by atoms with Crippen LogP contribution in [-0.4, -0.2) is 58.2 Å². The number of halogens is 2. The van der Waals surface area contributed by atoms with Crippen LogP contribution in [0.2, 0.25) is 0 Å². The van der Waals surface area contributed by atoms with Crippen molar-refractivity contribution in [1.29, 1.82) is 0 Å². The third-order valence-electron chi connectivity index (χ3n) is 6.84. The van der Waals surface area contributed by atoms with E-state index in [0.717, 1.165) is 49.3 Å². The Labute approximate surface area is 199 Å². The molecule has 0 radical (unpaired) electrons. The number of anilines is 1. The van der Waals surface area contributed by atoms with Crippen molar-refractivity contribution in [1.82, 2.24) is 29.6 Å². The molecule has 0 bridgehead atoms. The van der Waals surface area contributed by atoms with Gasteiger partial charge in [-0.1, -0.05) is 11.3 Å². The van der Waals surface area contributed by atoms with Gasteiger partial charge in [-0.3, -0.25) is 4.40 Å². The molecule has 2 aliphatic carbocycles. The fraction of sp³-hybridized carbons (Fsp3) is 0.571. The second-order valence-corrected chi connectivity index (χ2v) is 12.7. The van der Waals surface area contributed by atoms with Crippen LogP contribution >= 0.6 is 11.3 Å². The van der Waals surface area contributed by atoms with Gasteiger partial charge in [-0.05, 0) is 45.6 Å². The Balaban J connectivity index is 1.50. The topological polar surface area (TPSA) is 105 Å². The number of imidazole rings is 1. The van der Waals surface area contributed by atoms with Gasteiger partial charge in [0, 0.05) is 36.4 Å². The second kappa shape index (κ2) is 7.39. The molecule has 0 amide bonds. The number of hydrogen-bond acceptors (Lipinski definition) is 8. The number of piperazine rings is 1. The molecule has 3 aliphatic rings. The highest BCUT2D eigenvalue weighted by molar-refractivity contribution is 7.89. The van der Waals surface area contributed by atoms with Gasteiger partial charge >= 0.3 is 0 Å². The maximum atomic E-state index is 13.3. The van der Waals surface area contributed by atoms with Crippen LogP contribution in [0.3, 0.4) is 0 Å². The summed E-state index contributed by atoms with van der Waals surface area (Å²) in [6.07, 6.45) is 4.14. The summed E-state index contributed by atoms with van der Waals surface area (Å²) in [4.78, 5) is 6.76. The van der Waals surface area contributed by atoms with Crippen LogP contribution in [0.15, 0.2) is 23.4 Å². The lowest BCUT2D eigenvalue weighted by Gasteiger charge is -2.40. The first-order chi connectivity index (χ1) is 16.1.